The maximum Gasteiger partial charge on any atom is 0.306 e. The molecule has 0 aliphatic heterocycles. The Hall–Kier alpha value is -0.790. The maximum absolute atomic E-state index is 12.8. The molecule has 0 aromatic rings. The largest absolute Gasteiger partial charge is 0.462 e. The summed E-state index contributed by atoms with van der Waals surface area (Å²) < 4.78 is 6.14. The predicted octanol–water partition coefficient (Wildman–Crippen LogP) is 14.6. The summed E-state index contributed by atoms with van der Waals surface area (Å²) in [5.41, 5.74) is 2.54. The van der Waals surface area contributed by atoms with Gasteiger partial charge in [0.1, 0.15) is 6.10 Å². The molecule has 8 atom stereocenters. The van der Waals surface area contributed by atoms with Crippen LogP contribution in [0.5, 0.6) is 0 Å². The molecule has 0 N–H and O–H groups in total. The Labute approximate surface area is 300 Å². The van der Waals surface area contributed by atoms with E-state index in [1.807, 2.05) is 0 Å². The molecule has 0 amide bonds. The molecule has 0 aromatic carbocycles. The van der Waals surface area contributed by atoms with E-state index in [0.717, 1.165) is 54.8 Å². The van der Waals surface area contributed by atoms with Crippen molar-refractivity contribution in [3.8, 4) is 0 Å². The number of carbonyl (C=O) groups excluding carboxylic acids is 1. The van der Waals surface area contributed by atoms with Gasteiger partial charge in [0.15, 0.2) is 0 Å². The second-order valence-electron chi connectivity index (χ2n) is 18.7. The van der Waals surface area contributed by atoms with Crippen molar-refractivity contribution in [3.05, 3.63) is 11.6 Å². The lowest BCUT2D eigenvalue weighted by Crippen LogP contribution is -2.51. The summed E-state index contributed by atoms with van der Waals surface area (Å²) in [6, 6.07) is 0. The number of rotatable bonds is 23. The molecular weight excluding hydrogens is 585 g/mol. The van der Waals surface area contributed by atoms with Gasteiger partial charge in [-0.25, -0.2) is 0 Å². The first kappa shape index (κ1) is 40.0. The highest BCUT2D eigenvalue weighted by atomic mass is 16.5. The molecule has 6 unspecified atom stereocenters. The zero-order chi connectivity index (χ0) is 34.4. The third-order valence-electron chi connectivity index (χ3n) is 14.8. The summed E-state index contributed by atoms with van der Waals surface area (Å²) in [5.74, 6) is 5.36. The number of hydrogen-bond acceptors (Lipinski definition) is 2. The van der Waals surface area contributed by atoms with E-state index >= 15 is 0 Å². The van der Waals surface area contributed by atoms with Crippen molar-refractivity contribution in [1.82, 2.24) is 0 Å². The lowest BCUT2D eigenvalue weighted by Gasteiger charge is -2.58. The molecule has 4 rings (SSSR count). The number of fused-ring (bicyclic) bond motifs is 5. The smallest absolute Gasteiger partial charge is 0.306 e. The van der Waals surface area contributed by atoms with Crippen LogP contribution >= 0.6 is 0 Å². The number of carbonyl (C=O) groups is 1. The fraction of sp³-hybridized carbons (Fsp3) is 0.935. The van der Waals surface area contributed by atoms with Crippen LogP contribution in [-0.4, -0.2) is 12.1 Å². The average molecular weight is 667 g/mol. The van der Waals surface area contributed by atoms with Crippen LogP contribution in [0.4, 0.5) is 0 Å². The van der Waals surface area contributed by atoms with Gasteiger partial charge in [0, 0.05) is 12.8 Å². The average Bonchev–Trinajstić information content (AvgIpc) is 3.42. The van der Waals surface area contributed by atoms with Crippen molar-refractivity contribution in [2.75, 3.05) is 0 Å². The molecule has 2 heteroatoms. The molecule has 0 aromatic heterocycles. The van der Waals surface area contributed by atoms with Crippen LogP contribution in [0.25, 0.3) is 0 Å². The molecule has 48 heavy (non-hydrogen) atoms. The van der Waals surface area contributed by atoms with Gasteiger partial charge in [-0.1, -0.05) is 169 Å². The Kier molecular flexibility index (Phi) is 16.9. The number of unbranched alkanes of at least 4 members (excludes halogenated alkanes) is 15. The Balaban J connectivity index is 1.10. The number of ether oxygens (including phenoxy) is 1. The minimum Gasteiger partial charge on any atom is -0.462 e. The van der Waals surface area contributed by atoms with E-state index in [1.165, 1.54) is 154 Å². The molecular formula is C46H82O2. The Morgan fingerprint density at radius 1 is 0.729 bits per heavy atom. The fourth-order valence-electron chi connectivity index (χ4n) is 11.8. The van der Waals surface area contributed by atoms with Gasteiger partial charge in [-0.15, -0.1) is 0 Å². The van der Waals surface area contributed by atoms with E-state index in [2.05, 4.69) is 47.6 Å². The summed E-state index contributed by atoms with van der Waals surface area (Å²) in [4.78, 5) is 12.8. The Morgan fingerprint density at radius 2 is 1.33 bits per heavy atom. The SMILES string of the molecule is CCCCCCCCCCCCCCCCCC(=O)OC1CCC2(C)C(=CCC3C4CC[C@H](C(C)CCCCC(C)C)C4(C)CC[C@@H]32)C1. The highest BCUT2D eigenvalue weighted by molar-refractivity contribution is 5.69. The van der Waals surface area contributed by atoms with Gasteiger partial charge < -0.3 is 4.74 Å². The van der Waals surface area contributed by atoms with Gasteiger partial charge in [0.25, 0.3) is 0 Å². The second kappa shape index (κ2) is 20.3. The van der Waals surface area contributed by atoms with E-state index in [-0.39, 0.29) is 12.1 Å². The normalized spacial score (nSPS) is 32.0. The molecule has 0 saturated heterocycles. The van der Waals surface area contributed by atoms with E-state index in [4.69, 9.17) is 4.74 Å². The third kappa shape index (κ3) is 11.1. The third-order valence-corrected chi connectivity index (χ3v) is 14.8. The van der Waals surface area contributed by atoms with Crippen LogP contribution in [0.3, 0.4) is 0 Å². The van der Waals surface area contributed by atoms with Crippen LogP contribution in [0.15, 0.2) is 11.6 Å². The summed E-state index contributed by atoms with van der Waals surface area (Å²) in [6.07, 6.45) is 39.8. The predicted molar refractivity (Wildman–Crippen MR) is 207 cm³/mol. The minimum atomic E-state index is 0.0661. The van der Waals surface area contributed by atoms with Gasteiger partial charge in [0.2, 0.25) is 0 Å². The van der Waals surface area contributed by atoms with Crippen molar-refractivity contribution in [3.63, 3.8) is 0 Å². The van der Waals surface area contributed by atoms with Crippen molar-refractivity contribution in [1.29, 1.82) is 0 Å². The molecule has 4 aliphatic carbocycles. The van der Waals surface area contributed by atoms with E-state index < -0.39 is 0 Å². The highest BCUT2D eigenvalue weighted by Crippen LogP contribution is 2.67. The summed E-state index contributed by atoms with van der Waals surface area (Å²) in [6.45, 7) is 15.0. The maximum atomic E-state index is 12.8. The Bertz CT molecular complexity index is 950. The molecule has 0 spiro atoms. The highest BCUT2D eigenvalue weighted by Gasteiger charge is 2.59. The molecule has 3 fully saturated rings. The molecule has 4 aliphatic rings. The van der Waals surface area contributed by atoms with Crippen LogP contribution < -0.4 is 0 Å². The number of esters is 1. The minimum absolute atomic E-state index is 0.0661. The van der Waals surface area contributed by atoms with Gasteiger partial charge in [-0.2, -0.15) is 0 Å². The standard InChI is InChI=1S/C46H82O2/c1-7-8-9-10-11-12-13-14-15-16-17-18-19-20-21-26-44(47)48-39-31-33-45(5)38(35-39)27-28-40-42-30-29-41(46(42,6)34-32-43(40)45)37(4)25-23-22-24-36(2)3/h27,36-37,39-43H,7-26,28-35H2,1-6H3/t37?,39?,40?,41-,42?,43+,45?,46?/m1/s1. The van der Waals surface area contributed by atoms with Crippen molar-refractivity contribution < 1.29 is 9.53 Å². The molecule has 2 nitrogen and oxygen atoms in total. The van der Waals surface area contributed by atoms with E-state index in [1.54, 1.807) is 5.57 Å². The van der Waals surface area contributed by atoms with Gasteiger partial charge in [-0.3, -0.25) is 4.79 Å². The Morgan fingerprint density at radius 3 is 1.96 bits per heavy atom. The molecule has 0 bridgehead atoms. The van der Waals surface area contributed by atoms with Gasteiger partial charge >= 0.3 is 5.97 Å². The zero-order valence-corrected chi connectivity index (χ0v) is 33.2. The summed E-state index contributed by atoms with van der Waals surface area (Å²) >= 11 is 0. The molecule has 0 radical (unpaired) electrons. The molecule has 278 valence electrons. The summed E-state index contributed by atoms with van der Waals surface area (Å²) in [5, 5.41) is 0. The van der Waals surface area contributed by atoms with Crippen LogP contribution in [-0.2, 0) is 9.53 Å². The quantitative estimate of drug-likeness (QED) is 0.0616. The number of hydrogen-bond donors (Lipinski definition) is 0. The van der Waals surface area contributed by atoms with Crippen molar-refractivity contribution >= 4 is 5.97 Å². The van der Waals surface area contributed by atoms with Crippen LogP contribution in [0, 0.1) is 46.3 Å². The van der Waals surface area contributed by atoms with Crippen LogP contribution in [0.1, 0.15) is 221 Å². The first-order chi connectivity index (χ1) is 23.2. The van der Waals surface area contributed by atoms with Gasteiger partial charge in [0.05, 0.1) is 0 Å². The first-order valence-corrected chi connectivity index (χ1v) is 22.1. The lowest BCUT2D eigenvalue weighted by molar-refractivity contribution is -0.151. The van der Waals surface area contributed by atoms with Crippen LogP contribution in [0.2, 0.25) is 0 Å². The summed E-state index contributed by atoms with van der Waals surface area (Å²) in [7, 11) is 0. The molecule has 0 heterocycles. The molecule has 3 saturated carbocycles. The lowest BCUT2D eigenvalue weighted by atomic mass is 9.47. The van der Waals surface area contributed by atoms with Crippen molar-refractivity contribution in [2.24, 2.45) is 46.3 Å². The fourth-order valence-corrected chi connectivity index (χ4v) is 11.8. The second-order valence-corrected chi connectivity index (χ2v) is 18.7. The van der Waals surface area contributed by atoms with E-state index in [0.29, 0.717) is 17.3 Å². The first-order valence-electron chi connectivity index (χ1n) is 22.1. The van der Waals surface area contributed by atoms with Gasteiger partial charge in [-0.05, 0) is 97.7 Å². The zero-order valence-electron chi connectivity index (χ0n) is 33.2. The van der Waals surface area contributed by atoms with Crippen molar-refractivity contribution in [2.45, 2.75) is 227 Å². The monoisotopic (exact) mass is 667 g/mol. The topological polar surface area (TPSA) is 26.3 Å². The number of allylic oxidation sites excluding steroid dienone is 1. The van der Waals surface area contributed by atoms with E-state index in [9.17, 15) is 4.79 Å².